The molecule has 0 radical (unpaired) electrons. The maximum absolute atomic E-state index is 12.7. The van der Waals surface area contributed by atoms with Crippen LogP contribution in [-0.4, -0.2) is 30.8 Å². The summed E-state index contributed by atoms with van der Waals surface area (Å²) in [7, 11) is 2.74. The van der Waals surface area contributed by atoms with Gasteiger partial charge in [0, 0.05) is 18.8 Å². The Labute approximate surface area is 157 Å². The minimum Gasteiger partial charge on any atom is -0.472 e. The van der Waals surface area contributed by atoms with Crippen LogP contribution in [-0.2, 0) is 22.4 Å². The van der Waals surface area contributed by atoms with Gasteiger partial charge in [0.05, 0.1) is 5.56 Å². The highest BCUT2D eigenvalue weighted by atomic mass is 35.5. The summed E-state index contributed by atoms with van der Waals surface area (Å²) in [5, 5.41) is 5.89. The number of oxime groups is 1. The fourth-order valence-corrected chi connectivity index (χ4v) is 2.35. The van der Waals surface area contributed by atoms with Gasteiger partial charge in [0.1, 0.15) is 18.7 Å². The number of hydrogen-bond donors (Lipinski definition) is 1. The number of halogens is 4. The predicted molar refractivity (Wildman–Crippen MR) is 92.6 cm³/mol. The highest BCUT2D eigenvalue weighted by Crippen LogP contribution is 2.33. The molecule has 0 saturated heterocycles. The molecule has 144 valence electrons. The molecule has 0 saturated carbocycles. The Morgan fingerprint density at radius 1 is 1.33 bits per heavy atom. The molecule has 0 unspecified atom stereocenters. The lowest BCUT2D eigenvalue weighted by molar-refractivity contribution is -0.137. The van der Waals surface area contributed by atoms with Crippen molar-refractivity contribution in [3.8, 4) is 5.88 Å². The number of nitrogens with one attached hydrogen (secondary N) is 1. The van der Waals surface area contributed by atoms with Crippen molar-refractivity contribution in [2.24, 2.45) is 5.16 Å². The van der Waals surface area contributed by atoms with Crippen molar-refractivity contribution in [2.75, 3.05) is 14.2 Å². The van der Waals surface area contributed by atoms with Gasteiger partial charge in [0.25, 0.3) is 5.91 Å². The molecule has 1 aromatic heterocycles. The van der Waals surface area contributed by atoms with Gasteiger partial charge in [0.2, 0.25) is 5.88 Å². The number of carbonyl (C=O) groups is 1. The van der Waals surface area contributed by atoms with Crippen molar-refractivity contribution in [3.63, 3.8) is 0 Å². The zero-order valence-corrected chi connectivity index (χ0v) is 15.1. The molecule has 0 aliphatic rings. The van der Waals surface area contributed by atoms with Crippen molar-refractivity contribution in [1.29, 1.82) is 0 Å². The zero-order valence-electron chi connectivity index (χ0n) is 14.3. The second kappa shape index (κ2) is 8.72. The molecule has 2 rings (SSSR count). The summed E-state index contributed by atoms with van der Waals surface area (Å²) in [5.41, 5.74) is 0.0106. The molecular formula is C17H15ClF3N3O3. The van der Waals surface area contributed by atoms with Gasteiger partial charge in [-0.15, -0.1) is 0 Å². The monoisotopic (exact) mass is 401 g/mol. The smallest absolute Gasteiger partial charge is 0.417 e. The van der Waals surface area contributed by atoms with Gasteiger partial charge in [-0.05, 0) is 11.6 Å². The number of rotatable bonds is 6. The number of alkyl halides is 3. The van der Waals surface area contributed by atoms with E-state index in [0.717, 1.165) is 6.07 Å². The van der Waals surface area contributed by atoms with Crippen molar-refractivity contribution in [1.82, 2.24) is 10.3 Å². The van der Waals surface area contributed by atoms with E-state index in [4.69, 9.17) is 21.2 Å². The molecule has 0 aliphatic heterocycles. The van der Waals surface area contributed by atoms with Crippen LogP contribution in [0.25, 0.3) is 0 Å². The molecule has 0 atom stereocenters. The largest absolute Gasteiger partial charge is 0.472 e. The van der Waals surface area contributed by atoms with E-state index in [2.05, 4.69) is 15.5 Å². The van der Waals surface area contributed by atoms with Crippen molar-refractivity contribution in [2.45, 2.75) is 12.8 Å². The molecule has 1 aromatic carbocycles. The second-order valence-corrected chi connectivity index (χ2v) is 5.56. The van der Waals surface area contributed by atoms with E-state index in [1.54, 1.807) is 24.3 Å². The number of aromatic nitrogens is 1. The van der Waals surface area contributed by atoms with E-state index >= 15 is 0 Å². The quantitative estimate of drug-likeness (QED) is 0.594. The van der Waals surface area contributed by atoms with E-state index in [9.17, 15) is 18.0 Å². The van der Waals surface area contributed by atoms with Crippen LogP contribution in [0.1, 0.15) is 16.7 Å². The molecular weight excluding hydrogens is 387 g/mol. The molecule has 10 heteroatoms. The highest BCUT2D eigenvalue weighted by molar-refractivity contribution is 6.45. The summed E-state index contributed by atoms with van der Waals surface area (Å²) in [4.78, 5) is 20.3. The van der Waals surface area contributed by atoms with Gasteiger partial charge in [-0.25, -0.2) is 4.98 Å². The van der Waals surface area contributed by atoms with Crippen LogP contribution in [0.15, 0.2) is 41.7 Å². The number of benzene rings is 1. The van der Waals surface area contributed by atoms with Gasteiger partial charge in [-0.2, -0.15) is 13.2 Å². The number of nitrogens with zero attached hydrogens (tertiary/aromatic N) is 2. The summed E-state index contributed by atoms with van der Waals surface area (Å²) >= 11 is 5.83. The molecule has 1 N–H and O–H groups in total. The van der Waals surface area contributed by atoms with Crippen LogP contribution >= 0.6 is 11.6 Å². The van der Waals surface area contributed by atoms with Crippen molar-refractivity contribution in [3.05, 3.63) is 58.2 Å². The van der Waals surface area contributed by atoms with E-state index < -0.39 is 17.6 Å². The summed E-state index contributed by atoms with van der Waals surface area (Å²) in [6, 6.07) is 7.43. The third-order valence-electron chi connectivity index (χ3n) is 3.40. The standard InChI is InChI=1S/C17H15ClF3N3O3/c1-22-15(25)14(24-26-2)12-6-4-3-5-10(12)9-27-16-13(18)7-11(8-23-16)17(19,20)21/h3-8H,9H2,1-2H3,(H,22,25)/b24-14-. The average molecular weight is 402 g/mol. The molecule has 27 heavy (non-hydrogen) atoms. The topological polar surface area (TPSA) is 72.8 Å². The maximum atomic E-state index is 12.7. The number of hydrogen-bond acceptors (Lipinski definition) is 5. The molecule has 0 aliphatic carbocycles. The molecule has 0 fully saturated rings. The maximum Gasteiger partial charge on any atom is 0.417 e. The Morgan fingerprint density at radius 2 is 2.04 bits per heavy atom. The third-order valence-corrected chi connectivity index (χ3v) is 3.67. The Morgan fingerprint density at radius 3 is 2.63 bits per heavy atom. The Balaban J connectivity index is 2.27. The summed E-state index contributed by atoms with van der Waals surface area (Å²) in [6.07, 6.45) is -3.92. The van der Waals surface area contributed by atoms with Crippen LogP contribution in [0.2, 0.25) is 5.02 Å². The molecule has 1 heterocycles. The minimum atomic E-state index is -4.55. The molecule has 1 amide bonds. The van der Waals surface area contributed by atoms with Crippen LogP contribution in [0.3, 0.4) is 0 Å². The van der Waals surface area contributed by atoms with Crippen LogP contribution in [0, 0.1) is 0 Å². The van der Waals surface area contributed by atoms with Crippen molar-refractivity contribution >= 4 is 23.2 Å². The van der Waals surface area contributed by atoms with E-state index in [1.807, 2.05) is 0 Å². The third kappa shape index (κ3) is 5.10. The van der Waals surface area contributed by atoms with E-state index in [0.29, 0.717) is 17.3 Å². The molecule has 2 aromatic rings. The summed E-state index contributed by atoms with van der Waals surface area (Å²) in [6.45, 7) is -0.103. The van der Waals surface area contributed by atoms with Crippen LogP contribution in [0.4, 0.5) is 13.2 Å². The van der Waals surface area contributed by atoms with Crippen LogP contribution in [0.5, 0.6) is 5.88 Å². The minimum absolute atomic E-state index is 0.0191. The Bertz CT molecular complexity index is 857. The molecule has 6 nitrogen and oxygen atoms in total. The van der Waals surface area contributed by atoms with Crippen LogP contribution < -0.4 is 10.1 Å². The number of likely N-dealkylation sites (N-methyl/N-ethyl adjacent to an activating group) is 1. The summed E-state index contributed by atoms with van der Waals surface area (Å²) in [5.74, 6) is -0.639. The Kier molecular flexibility index (Phi) is 6.62. The number of ether oxygens (including phenoxy) is 1. The molecule has 0 bridgehead atoms. The first-order chi connectivity index (χ1) is 12.8. The van der Waals surface area contributed by atoms with E-state index in [-0.39, 0.29) is 23.2 Å². The Hall–Kier alpha value is -2.81. The lowest BCUT2D eigenvalue weighted by atomic mass is 10.0. The fourth-order valence-electron chi connectivity index (χ4n) is 2.13. The van der Waals surface area contributed by atoms with Gasteiger partial charge in [-0.1, -0.05) is 41.0 Å². The van der Waals surface area contributed by atoms with Crippen molar-refractivity contribution < 1.29 is 27.5 Å². The first kappa shape index (κ1) is 20.5. The SMILES string of the molecule is CNC(=O)/C(=N\OC)c1ccccc1COc1ncc(C(F)(F)F)cc1Cl. The van der Waals surface area contributed by atoms with E-state index in [1.165, 1.54) is 14.2 Å². The lowest BCUT2D eigenvalue weighted by Gasteiger charge is -2.13. The number of amides is 1. The number of carbonyl (C=O) groups excluding carboxylic acids is 1. The number of pyridine rings is 1. The second-order valence-electron chi connectivity index (χ2n) is 5.16. The average Bonchev–Trinajstić information content (AvgIpc) is 2.64. The normalized spacial score (nSPS) is 11.9. The molecule has 0 spiro atoms. The highest BCUT2D eigenvalue weighted by Gasteiger charge is 2.31. The predicted octanol–water partition coefficient (Wildman–Crippen LogP) is 3.43. The van der Waals surface area contributed by atoms with Gasteiger partial charge < -0.3 is 14.9 Å². The van der Waals surface area contributed by atoms with Gasteiger partial charge in [-0.3, -0.25) is 4.79 Å². The van der Waals surface area contributed by atoms with Gasteiger partial charge >= 0.3 is 6.18 Å². The van der Waals surface area contributed by atoms with Gasteiger partial charge in [0.15, 0.2) is 5.71 Å². The first-order valence-corrected chi connectivity index (χ1v) is 7.92. The first-order valence-electron chi connectivity index (χ1n) is 7.55. The summed E-state index contributed by atoms with van der Waals surface area (Å²) < 4.78 is 43.4. The zero-order chi connectivity index (χ0) is 20.0. The lowest BCUT2D eigenvalue weighted by Crippen LogP contribution is -2.29. The fraction of sp³-hybridized carbons (Fsp3) is 0.235.